The number of carbonyl (C=O) groups excluding carboxylic acids is 1. The molecular weight excluding hydrogens is 388 g/mol. The summed E-state index contributed by atoms with van der Waals surface area (Å²) in [5, 5.41) is 0. The van der Waals surface area contributed by atoms with E-state index in [0.717, 1.165) is 17.7 Å². The summed E-state index contributed by atoms with van der Waals surface area (Å²) in [5.41, 5.74) is 0.245. The average Bonchev–Trinajstić information content (AvgIpc) is 2.72. The van der Waals surface area contributed by atoms with Crippen LogP contribution in [0.2, 0.25) is 0 Å². The third-order valence-electron chi connectivity index (χ3n) is 5.08. The molecule has 1 amide bonds. The minimum Gasteiger partial charge on any atom is -0.495 e. The van der Waals surface area contributed by atoms with Crippen LogP contribution in [0.5, 0.6) is 5.75 Å². The molecule has 0 saturated carbocycles. The maximum absolute atomic E-state index is 13.5. The number of ether oxygens (including phenoxy) is 1. The van der Waals surface area contributed by atoms with Gasteiger partial charge in [-0.1, -0.05) is 13.0 Å². The monoisotopic (exact) mass is 410 g/mol. The Kier molecular flexibility index (Phi) is 6.00. The SMILES string of the molecule is CCc1ccc(OC)c(N2CCN(C(=O)c3cc(F)ccc3C(F)(F)F)CC2)c1. The molecule has 156 valence electrons. The number of hydrogen-bond donors (Lipinski definition) is 0. The van der Waals surface area contributed by atoms with Gasteiger partial charge in [0.15, 0.2) is 0 Å². The Labute approximate surface area is 166 Å². The van der Waals surface area contributed by atoms with Crippen LogP contribution >= 0.6 is 0 Å². The molecule has 0 unspecified atom stereocenters. The molecule has 1 saturated heterocycles. The van der Waals surface area contributed by atoms with Gasteiger partial charge >= 0.3 is 6.18 Å². The molecule has 0 atom stereocenters. The van der Waals surface area contributed by atoms with Gasteiger partial charge in [0.05, 0.1) is 23.9 Å². The van der Waals surface area contributed by atoms with Crippen LogP contribution in [0.15, 0.2) is 36.4 Å². The lowest BCUT2D eigenvalue weighted by Crippen LogP contribution is -2.49. The molecule has 2 aromatic rings. The Morgan fingerprint density at radius 2 is 1.76 bits per heavy atom. The van der Waals surface area contributed by atoms with Gasteiger partial charge in [0, 0.05) is 26.2 Å². The Morgan fingerprint density at radius 3 is 2.34 bits per heavy atom. The predicted octanol–water partition coefficient (Wildman–Crippen LogP) is 4.38. The Balaban J connectivity index is 1.79. The first-order valence-electron chi connectivity index (χ1n) is 9.32. The van der Waals surface area contributed by atoms with Crippen LogP contribution < -0.4 is 9.64 Å². The van der Waals surface area contributed by atoms with Crippen LogP contribution in [-0.4, -0.2) is 44.1 Å². The summed E-state index contributed by atoms with van der Waals surface area (Å²) in [6, 6.07) is 7.86. The molecule has 1 aliphatic heterocycles. The fourth-order valence-corrected chi connectivity index (χ4v) is 3.46. The molecule has 0 N–H and O–H groups in total. The molecule has 2 aromatic carbocycles. The maximum atomic E-state index is 13.5. The number of carbonyl (C=O) groups is 1. The number of halogens is 4. The van der Waals surface area contributed by atoms with E-state index < -0.39 is 29.0 Å². The zero-order valence-electron chi connectivity index (χ0n) is 16.2. The standard InChI is InChI=1S/C21H22F4N2O2/c1-3-14-4-7-19(29-2)18(12-14)26-8-10-27(11-9-26)20(28)16-13-15(22)5-6-17(16)21(23,24)25/h4-7,12-13H,3,8-11H2,1-2H3. The second-order valence-corrected chi connectivity index (χ2v) is 6.83. The summed E-state index contributed by atoms with van der Waals surface area (Å²) in [6.45, 7) is 3.37. The van der Waals surface area contributed by atoms with Crippen molar-refractivity contribution in [2.24, 2.45) is 0 Å². The first-order chi connectivity index (χ1) is 13.7. The lowest BCUT2D eigenvalue weighted by Gasteiger charge is -2.37. The number of hydrogen-bond acceptors (Lipinski definition) is 3. The smallest absolute Gasteiger partial charge is 0.417 e. The van der Waals surface area contributed by atoms with Crippen LogP contribution in [0.25, 0.3) is 0 Å². The van der Waals surface area contributed by atoms with E-state index in [-0.39, 0.29) is 13.1 Å². The lowest BCUT2D eigenvalue weighted by molar-refractivity contribution is -0.138. The number of piperazine rings is 1. The van der Waals surface area contributed by atoms with E-state index in [1.54, 1.807) is 7.11 Å². The van der Waals surface area contributed by atoms with Gasteiger partial charge in [-0.25, -0.2) is 4.39 Å². The number of benzene rings is 2. The molecule has 8 heteroatoms. The van der Waals surface area contributed by atoms with Gasteiger partial charge in [0.1, 0.15) is 11.6 Å². The van der Waals surface area contributed by atoms with Gasteiger partial charge < -0.3 is 14.5 Å². The molecule has 0 spiro atoms. The highest BCUT2D eigenvalue weighted by Crippen LogP contribution is 2.34. The van der Waals surface area contributed by atoms with Crippen molar-refractivity contribution < 1.29 is 27.1 Å². The fraction of sp³-hybridized carbons (Fsp3) is 0.381. The van der Waals surface area contributed by atoms with E-state index in [2.05, 4.69) is 0 Å². The molecule has 29 heavy (non-hydrogen) atoms. The molecule has 1 heterocycles. The summed E-state index contributed by atoms with van der Waals surface area (Å²) >= 11 is 0. The number of methoxy groups -OCH3 is 1. The number of nitrogens with zero attached hydrogens (tertiary/aromatic N) is 2. The van der Waals surface area contributed by atoms with E-state index in [1.807, 2.05) is 30.0 Å². The molecule has 0 radical (unpaired) electrons. The second-order valence-electron chi connectivity index (χ2n) is 6.83. The Bertz CT molecular complexity index is 891. The maximum Gasteiger partial charge on any atom is 0.417 e. The van der Waals surface area contributed by atoms with E-state index in [9.17, 15) is 22.4 Å². The summed E-state index contributed by atoms with van der Waals surface area (Å²) in [7, 11) is 1.58. The molecule has 4 nitrogen and oxygen atoms in total. The topological polar surface area (TPSA) is 32.8 Å². The van der Waals surface area contributed by atoms with Gasteiger partial charge in [0.25, 0.3) is 5.91 Å². The minimum atomic E-state index is -4.73. The molecule has 1 aliphatic rings. The number of rotatable bonds is 4. The molecule has 1 fully saturated rings. The van der Waals surface area contributed by atoms with Crippen molar-refractivity contribution in [2.75, 3.05) is 38.2 Å². The van der Waals surface area contributed by atoms with E-state index in [0.29, 0.717) is 37.0 Å². The highest BCUT2D eigenvalue weighted by Gasteiger charge is 2.37. The molecule has 0 aliphatic carbocycles. The van der Waals surface area contributed by atoms with Crippen LogP contribution in [0.1, 0.15) is 28.4 Å². The van der Waals surface area contributed by atoms with Crippen molar-refractivity contribution in [3.63, 3.8) is 0 Å². The van der Waals surface area contributed by atoms with Crippen molar-refractivity contribution in [3.05, 3.63) is 58.9 Å². The first-order valence-corrected chi connectivity index (χ1v) is 9.32. The molecule has 0 bridgehead atoms. The van der Waals surface area contributed by atoms with Gasteiger partial charge in [-0.3, -0.25) is 4.79 Å². The third-order valence-corrected chi connectivity index (χ3v) is 5.08. The van der Waals surface area contributed by atoms with Gasteiger partial charge in [-0.15, -0.1) is 0 Å². The molecule has 3 rings (SSSR count). The van der Waals surface area contributed by atoms with Crippen LogP contribution in [0.3, 0.4) is 0 Å². The number of amides is 1. The quantitative estimate of drug-likeness (QED) is 0.702. The summed E-state index contributed by atoms with van der Waals surface area (Å²) < 4.78 is 58.7. The van der Waals surface area contributed by atoms with Crippen molar-refractivity contribution in [2.45, 2.75) is 19.5 Å². The molecular formula is C21H22F4N2O2. The van der Waals surface area contributed by atoms with Crippen molar-refractivity contribution in [1.29, 1.82) is 0 Å². The predicted molar refractivity (Wildman–Crippen MR) is 102 cm³/mol. The van der Waals surface area contributed by atoms with E-state index >= 15 is 0 Å². The highest BCUT2D eigenvalue weighted by atomic mass is 19.4. The van der Waals surface area contributed by atoms with Gasteiger partial charge in [-0.05, 0) is 42.3 Å². The zero-order chi connectivity index (χ0) is 21.2. The normalized spacial score (nSPS) is 14.8. The molecule has 0 aromatic heterocycles. The minimum absolute atomic E-state index is 0.228. The average molecular weight is 410 g/mol. The van der Waals surface area contributed by atoms with Gasteiger partial charge in [0.2, 0.25) is 0 Å². The zero-order valence-corrected chi connectivity index (χ0v) is 16.2. The van der Waals surface area contributed by atoms with E-state index in [1.165, 1.54) is 4.90 Å². The Hall–Kier alpha value is -2.77. The van der Waals surface area contributed by atoms with Crippen molar-refractivity contribution in [1.82, 2.24) is 4.90 Å². The highest BCUT2D eigenvalue weighted by molar-refractivity contribution is 5.96. The van der Waals surface area contributed by atoms with Crippen LogP contribution in [0.4, 0.5) is 23.2 Å². The lowest BCUT2D eigenvalue weighted by atomic mass is 10.0. The summed E-state index contributed by atoms with van der Waals surface area (Å²) in [6.07, 6.45) is -3.87. The summed E-state index contributed by atoms with van der Waals surface area (Å²) in [4.78, 5) is 16.1. The van der Waals surface area contributed by atoms with Crippen molar-refractivity contribution in [3.8, 4) is 5.75 Å². The second kappa shape index (κ2) is 8.31. The summed E-state index contributed by atoms with van der Waals surface area (Å²) in [5.74, 6) is -0.988. The Morgan fingerprint density at radius 1 is 1.07 bits per heavy atom. The van der Waals surface area contributed by atoms with Crippen molar-refractivity contribution >= 4 is 11.6 Å². The number of anilines is 1. The largest absolute Gasteiger partial charge is 0.495 e. The van der Waals surface area contributed by atoms with Crippen LogP contribution in [0, 0.1) is 5.82 Å². The fourth-order valence-electron chi connectivity index (χ4n) is 3.46. The third kappa shape index (κ3) is 4.46. The number of alkyl halides is 3. The van der Waals surface area contributed by atoms with Gasteiger partial charge in [-0.2, -0.15) is 13.2 Å². The first kappa shape index (κ1) is 21.0. The van der Waals surface area contributed by atoms with E-state index in [4.69, 9.17) is 4.74 Å². The number of aryl methyl sites for hydroxylation is 1. The van der Waals surface area contributed by atoms with Crippen LogP contribution in [-0.2, 0) is 12.6 Å².